The van der Waals surface area contributed by atoms with Crippen LogP contribution >= 0.6 is 0 Å². The van der Waals surface area contributed by atoms with E-state index in [0.717, 1.165) is 31.0 Å². The number of carbonyl (C=O) groups is 2. The molecule has 1 unspecified atom stereocenters. The molecule has 0 radical (unpaired) electrons. The number of carbonyl (C=O) groups excluding carboxylic acids is 2. The maximum absolute atomic E-state index is 13.7. The van der Waals surface area contributed by atoms with Crippen LogP contribution in [0, 0.1) is 11.6 Å². The summed E-state index contributed by atoms with van der Waals surface area (Å²) in [5.41, 5.74) is 2.62. The van der Waals surface area contributed by atoms with Gasteiger partial charge in [-0.1, -0.05) is 43.5 Å². The van der Waals surface area contributed by atoms with Gasteiger partial charge in [-0.2, -0.15) is 0 Å². The monoisotopic (exact) mass is 567 g/mol. The Morgan fingerprint density at radius 2 is 1.59 bits per heavy atom. The number of hydrogen-bond acceptors (Lipinski definition) is 4. The fraction of sp³-hybridized carbons (Fsp3) is 0.290. The molecule has 0 aliphatic heterocycles. The molecular weight excluding hydrogens is 535 g/mol. The molecule has 0 aromatic heterocycles. The van der Waals surface area contributed by atoms with Crippen LogP contribution in [-0.4, -0.2) is 34.9 Å². The molecule has 0 heterocycles. The topological polar surface area (TPSA) is 102 Å². The maximum atomic E-state index is 13.7. The summed E-state index contributed by atoms with van der Waals surface area (Å²) in [6, 6.07) is 16.1. The summed E-state index contributed by atoms with van der Waals surface area (Å²) in [6.07, 6.45) is 4.14. The largest absolute Gasteiger partial charge is 0.512 e. The third-order valence-electron chi connectivity index (χ3n) is 7.09. The van der Waals surface area contributed by atoms with Gasteiger partial charge in [-0.05, 0) is 66.3 Å². The predicted octanol–water partition coefficient (Wildman–Crippen LogP) is 7.28. The molecule has 0 spiro atoms. The highest BCUT2D eigenvalue weighted by molar-refractivity contribution is 6.01. The van der Waals surface area contributed by atoms with E-state index in [4.69, 9.17) is 5.11 Å². The molecule has 4 N–H and O–H groups in total. The molecule has 41 heavy (non-hydrogen) atoms. The van der Waals surface area contributed by atoms with Gasteiger partial charge in [-0.3, -0.25) is 9.69 Å². The van der Waals surface area contributed by atoms with E-state index >= 15 is 0 Å². The van der Waals surface area contributed by atoms with E-state index in [0.29, 0.717) is 17.2 Å². The molecule has 7 nitrogen and oxygen atoms in total. The van der Waals surface area contributed by atoms with Crippen LogP contribution in [0.3, 0.4) is 0 Å². The average Bonchev–Trinajstić information content (AvgIpc) is 2.98. The lowest BCUT2D eigenvalue weighted by atomic mass is 9.84. The van der Waals surface area contributed by atoms with Crippen LogP contribution in [0.15, 0.2) is 78.8 Å². The summed E-state index contributed by atoms with van der Waals surface area (Å²) in [7, 11) is 0. The first-order valence-corrected chi connectivity index (χ1v) is 13.4. The smallest absolute Gasteiger partial charge is 0.326 e. The van der Waals surface area contributed by atoms with Crippen molar-refractivity contribution in [2.45, 2.75) is 50.7 Å². The highest BCUT2D eigenvalue weighted by atomic mass is 19.1. The van der Waals surface area contributed by atoms with Crippen molar-refractivity contribution in [3.05, 3.63) is 107 Å². The maximum Gasteiger partial charge on any atom is 0.326 e. The van der Waals surface area contributed by atoms with Crippen LogP contribution in [0.25, 0.3) is 0 Å². The second-order valence-electron chi connectivity index (χ2n) is 10.0. The number of amides is 3. The molecule has 216 valence electrons. The van der Waals surface area contributed by atoms with Crippen molar-refractivity contribution >= 4 is 23.3 Å². The highest BCUT2D eigenvalue weighted by Gasteiger charge is 2.20. The van der Waals surface area contributed by atoms with E-state index in [1.54, 1.807) is 12.1 Å². The number of alkyl halides is 1. The lowest BCUT2D eigenvalue weighted by Crippen LogP contribution is -2.34. The first-order chi connectivity index (χ1) is 19.7. The Morgan fingerprint density at radius 1 is 0.951 bits per heavy atom. The number of benzene rings is 3. The van der Waals surface area contributed by atoms with Gasteiger partial charge in [0.2, 0.25) is 0 Å². The summed E-state index contributed by atoms with van der Waals surface area (Å²) < 4.78 is 41.2. The fourth-order valence-electron chi connectivity index (χ4n) is 4.87. The van der Waals surface area contributed by atoms with Crippen molar-refractivity contribution < 1.29 is 33.0 Å². The van der Waals surface area contributed by atoms with Gasteiger partial charge in [0.25, 0.3) is 5.91 Å². The van der Waals surface area contributed by atoms with Crippen molar-refractivity contribution in [2.75, 3.05) is 16.8 Å². The molecule has 3 aromatic rings. The van der Waals surface area contributed by atoms with Crippen molar-refractivity contribution in [3.63, 3.8) is 0 Å². The van der Waals surface area contributed by atoms with Crippen LogP contribution in [0.2, 0.25) is 0 Å². The number of halogens is 3. The minimum absolute atomic E-state index is 0.0309. The fourth-order valence-corrected chi connectivity index (χ4v) is 4.87. The standard InChI is InChI=1S/C31H32F3N3O4/c32-24-14-25(33)16-26(15-24)36-31(41)37(27-12-10-22(11-13-27)21-4-2-1-3-5-21)18-20-6-8-23(9-7-20)30(40)35-17-28(34)29(39)19-38/h6-16,19,21,28,38-39H,1-5,17-18H2,(H,35,40)(H,36,41)/b29-19+. The van der Waals surface area contributed by atoms with E-state index < -0.39 is 42.0 Å². The summed E-state index contributed by atoms with van der Waals surface area (Å²) in [6.45, 7) is -0.453. The third kappa shape index (κ3) is 8.03. The van der Waals surface area contributed by atoms with Gasteiger partial charge >= 0.3 is 6.03 Å². The second kappa shape index (κ2) is 13.7. The summed E-state index contributed by atoms with van der Waals surface area (Å²) in [5, 5.41) is 22.7. The summed E-state index contributed by atoms with van der Waals surface area (Å²) in [4.78, 5) is 27.2. The Bertz CT molecular complexity index is 1350. The minimum Gasteiger partial charge on any atom is -0.512 e. The normalized spacial score (nSPS) is 14.8. The zero-order valence-electron chi connectivity index (χ0n) is 22.3. The molecule has 10 heteroatoms. The molecule has 1 aliphatic carbocycles. The minimum atomic E-state index is -1.95. The first-order valence-electron chi connectivity index (χ1n) is 13.4. The van der Waals surface area contributed by atoms with Gasteiger partial charge in [0.05, 0.1) is 13.1 Å². The molecule has 1 aliphatic rings. The Labute approximate surface area is 236 Å². The number of anilines is 2. The van der Waals surface area contributed by atoms with Crippen molar-refractivity contribution in [2.24, 2.45) is 0 Å². The highest BCUT2D eigenvalue weighted by Crippen LogP contribution is 2.33. The van der Waals surface area contributed by atoms with Crippen molar-refractivity contribution in [1.29, 1.82) is 0 Å². The van der Waals surface area contributed by atoms with E-state index in [1.165, 1.54) is 41.9 Å². The molecule has 1 saturated carbocycles. The van der Waals surface area contributed by atoms with Gasteiger partial charge in [-0.25, -0.2) is 18.0 Å². The van der Waals surface area contributed by atoms with Crippen LogP contribution in [0.1, 0.15) is 59.5 Å². The van der Waals surface area contributed by atoms with Gasteiger partial charge < -0.3 is 20.8 Å². The molecule has 0 saturated heterocycles. The number of aliphatic hydroxyl groups is 2. The zero-order valence-corrected chi connectivity index (χ0v) is 22.3. The molecule has 1 fully saturated rings. The molecule has 3 amide bonds. The van der Waals surface area contributed by atoms with Crippen molar-refractivity contribution in [3.8, 4) is 0 Å². The average molecular weight is 568 g/mol. The van der Waals surface area contributed by atoms with E-state index in [-0.39, 0.29) is 24.1 Å². The van der Waals surface area contributed by atoms with Crippen LogP contribution < -0.4 is 15.5 Å². The number of aliphatic hydroxyl groups excluding tert-OH is 2. The lowest BCUT2D eigenvalue weighted by molar-refractivity contribution is 0.0939. The molecule has 0 bridgehead atoms. The molecule has 1 atom stereocenters. The van der Waals surface area contributed by atoms with Crippen LogP contribution in [0.4, 0.5) is 29.3 Å². The van der Waals surface area contributed by atoms with Crippen molar-refractivity contribution in [1.82, 2.24) is 5.32 Å². The van der Waals surface area contributed by atoms with Gasteiger partial charge in [0, 0.05) is 23.0 Å². The predicted molar refractivity (Wildman–Crippen MR) is 151 cm³/mol. The number of nitrogens with one attached hydrogen (secondary N) is 2. The number of nitrogens with zero attached hydrogens (tertiary/aromatic N) is 1. The number of rotatable bonds is 9. The SMILES string of the molecule is O=C(NCC(F)/C(O)=C\O)c1ccc(CN(C(=O)Nc2cc(F)cc(F)c2)c2ccc(C3CCCCC3)cc2)cc1. The zero-order chi connectivity index (χ0) is 29.4. The lowest BCUT2D eigenvalue weighted by Gasteiger charge is -2.26. The summed E-state index contributed by atoms with van der Waals surface area (Å²) >= 11 is 0. The molecule has 3 aromatic carbocycles. The van der Waals surface area contributed by atoms with Gasteiger partial charge in [-0.15, -0.1) is 0 Å². The number of urea groups is 1. The Hall–Kier alpha value is -4.47. The summed E-state index contributed by atoms with van der Waals surface area (Å²) in [5.74, 6) is -2.65. The van der Waals surface area contributed by atoms with Gasteiger partial charge in [0.1, 0.15) is 17.9 Å². The van der Waals surface area contributed by atoms with E-state index in [1.807, 2.05) is 24.3 Å². The quantitative estimate of drug-likeness (QED) is 0.204. The van der Waals surface area contributed by atoms with Gasteiger partial charge in [0.15, 0.2) is 11.9 Å². The molecular formula is C31H32F3N3O4. The van der Waals surface area contributed by atoms with Crippen LogP contribution in [-0.2, 0) is 6.54 Å². The first kappa shape index (κ1) is 29.5. The number of hydrogen-bond donors (Lipinski definition) is 4. The van der Waals surface area contributed by atoms with Crippen LogP contribution in [0.5, 0.6) is 0 Å². The molecule has 4 rings (SSSR count). The van der Waals surface area contributed by atoms with E-state index in [2.05, 4.69) is 10.6 Å². The Kier molecular flexibility index (Phi) is 9.89. The third-order valence-corrected chi connectivity index (χ3v) is 7.09. The second-order valence-corrected chi connectivity index (χ2v) is 10.0. The van der Waals surface area contributed by atoms with E-state index in [9.17, 15) is 27.9 Å². The Balaban J connectivity index is 1.51. The Morgan fingerprint density at radius 3 is 2.20 bits per heavy atom.